The zero-order valence-electron chi connectivity index (χ0n) is 12.1. The third-order valence-electron chi connectivity index (χ3n) is 3.69. The van der Waals surface area contributed by atoms with E-state index in [0.717, 1.165) is 17.4 Å². The molecule has 0 saturated heterocycles. The van der Waals surface area contributed by atoms with Crippen molar-refractivity contribution in [2.45, 2.75) is 11.4 Å². The highest BCUT2D eigenvalue weighted by atomic mass is 32.2. The summed E-state index contributed by atoms with van der Waals surface area (Å²) < 4.78 is 40.2. The SMILES string of the molecule is CN1CCN(S(=O)(=O)c2cccc(F)c2)Cc2cccnc21. The molecule has 0 radical (unpaired) electrons. The lowest BCUT2D eigenvalue weighted by Crippen LogP contribution is -2.34. The minimum atomic E-state index is -3.74. The average Bonchev–Trinajstić information content (AvgIpc) is 2.67. The van der Waals surface area contributed by atoms with E-state index >= 15 is 0 Å². The molecule has 0 fully saturated rings. The van der Waals surface area contributed by atoms with Gasteiger partial charge in [-0.2, -0.15) is 4.31 Å². The van der Waals surface area contributed by atoms with E-state index in [1.807, 2.05) is 18.0 Å². The summed E-state index contributed by atoms with van der Waals surface area (Å²) in [7, 11) is -1.86. The summed E-state index contributed by atoms with van der Waals surface area (Å²) in [6.45, 7) is 1.08. The number of sulfonamides is 1. The first-order valence-corrected chi connectivity index (χ1v) is 8.33. The van der Waals surface area contributed by atoms with Gasteiger partial charge in [-0.1, -0.05) is 12.1 Å². The predicted molar refractivity (Wildman–Crippen MR) is 81.5 cm³/mol. The van der Waals surface area contributed by atoms with E-state index in [4.69, 9.17) is 0 Å². The minimum absolute atomic E-state index is 0.0255. The Balaban J connectivity index is 1.99. The molecule has 1 aromatic heterocycles. The van der Waals surface area contributed by atoms with Crippen molar-refractivity contribution in [3.63, 3.8) is 0 Å². The van der Waals surface area contributed by atoms with Crippen LogP contribution in [0.25, 0.3) is 0 Å². The van der Waals surface area contributed by atoms with Crippen LogP contribution >= 0.6 is 0 Å². The summed E-state index contributed by atoms with van der Waals surface area (Å²) in [5, 5.41) is 0. The summed E-state index contributed by atoms with van der Waals surface area (Å²) in [4.78, 5) is 6.21. The van der Waals surface area contributed by atoms with E-state index in [9.17, 15) is 12.8 Å². The molecule has 0 unspecified atom stereocenters. The quantitative estimate of drug-likeness (QED) is 0.847. The molecule has 0 atom stereocenters. The summed E-state index contributed by atoms with van der Waals surface area (Å²) in [5.41, 5.74) is 0.836. The Labute approximate surface area is 129 Å². The fourth-order valence-corrected chi connectivity index (χ4v) is 3.96. The van der Waals surface area contributed by atoms with Crippen molar-refractivity contribution >= 4 is 15.8 Å². The fourth-order valence-electron chi connectivity index (χ4n) is 2.52. The number of nitrogens with zero attached hydrogens (tertiary/aromatic N) is 3. The molecule has 7 heteroatoms. The molecule has 2 heterocycles. The normalized spacial score (nSPS) is 16.2. The Morgan fingerprint density at radius 2 is 2.00 bits per heavy atom. The van der Waals surface area contributed by atoms with Crippen LogP contribution < -0.4 is 4.90 Å². The van der Waals surface area contributed by atoms with E-state index < -0.39 is 15.8 Å². The van der Waals surface area contributed by atoms with Crippen LogP contribution in [0.4, 0.5) is 10.2 Å². The van der Waals surface area contributed by atoms with Crippen LogP contribution in [0.5, 0.6) is 0 Å². The van der Waals surface area contributed by atoms with Crippen LogP contribution in [0.15, 0.2) is 47.5 Å². The molecule has 0 amide bonds. The lowest BCUT2D eigenvalue weighted by atomic mass is 10.2. The zero-order valence-corrected chi connectivity index (χ0v) is 12.9. The smallest absolute Gasteiger partial charge is 0.243 e. The molecule has 5 nitrogen and oxygen atoms in total. The van der Waals surface area contributed by atoms with Crippen molar-refractivity contribution in [2.24, 2.45) is 0 Å². The highest BCUT2D eigenvalue weighted by Gasteiger charge is 2.28. The minimum Gasteiger partial charge on any atom is -0.358 e. The Kier molecular flexibility index (Phi) is 3.84. The van der Waals surface area contributed by atoms with Gasteiger partial charge in [-0.05, 0) is 24.3 Å². The van der Waals surface area contributed by atoms with E-state index in [1.165, 1.54) is 22.5 Å². The molecule has 116 valence electrons. The maximum Gasteiger partial charge on any atom is 0.243 e. The standard InChI is InChI=1S/C15H16FN3O2S/c1-18-8-9-19(11-12-4-3-7-17-15(12)18)22(20,21)14-6-2-5-13(16)10-14/h2-7,10H,8-9,11H2,1H3. The molecule has 22 heavy (non-hydrogen) atoms. The topological polar surface area (TPSA) is 53.5 Å². The van der Waals surface area contributed by atoms with Crippen molar-refractivity contribution in [2.75, 3.05) is 25.0 Å². The molecule has 0 spiro atoms. The molecule has 0 N–H and O–H groups in total. The summed E-state index contributed by atoms with van der Waals surface area (Å²) >= 11 is 0. The van der Waals surface area contributed by atoms with Gasteiger partial charge >= 0.3 is 0 Å². The number of halogens is 1. The molecule has 0 bridgehead atoms. The predicted octanol–water partition coefficient (Wildman–Crippen LogP) is 1.86. The third kappa shape index (κ3) is 2.69. The van der Waals surface area contributed by atoms with Gasteiger partial charge in [0.1, 0.15) is 11.6 Å². The van der Waals surface area contributed by atoms with Gasteiger partial charge in [0.2, 0.25) is 10.0 Å². The molecule has 1 aliphatic heterocycles. The Morgan fingerprint density at radius 3 is 2.77 bits per heavy atom. The van der Waals surface area contributed by atoms with Gasteiger partial charge in [0.15, 0.2) is 0 Å². The summed E-state index contributed by atoms with van der Waals surface area (Å²) in [6, 6.07) is 8.74. The van der Waals surface area contributed by atoms with Gasteiger partial charge in [0, 0.05) is 38.4 Å². The van der Waals surface area contributed by atoms with Crippen LogP contribution in [0.2, 0.25) is 0 Å². The van der Waals surface area contributed by atoms with Crippen molar-refractivity contribution in [3.05, 3.63) is 54.0 Å². The largest absolute Gasteiger partial charge is 0.358 e. The molecular formula is C15H16FN3O2S. The first kappa shape index (κ1) is 14.9. The number of benzene rings is 1. The number of anilines is 1. The Morgan fingerprint density at radius 1 is 1.18 bits per heavy atom. The molecule has 1 aromatic carbocycles. The number of rotatable bonds is 2. The van der Waals surface area contributed by atoms with Crippen molar-refractivity contribution < 1.29 is 12.8 Å². The molecule has 1 aliphatic rings. The van der Waals surface area contributed by atoms with Crippen molar-refractivity contribution in [1.29, 1.82) is 0 Å². The first-order valence-electron chi connectivity index (χ1n) is 6.89. The van der Waals surface area contributed by atoms with E-state index in [2.05, 4.69) is 4.98 Å². The summed E-state index contributed by atoms with van der Waals surface area (Å²) in [5.74, 6) is 0.217. The molecule has 2 aromatic rings. The molecular weight excluding hydrogens is 305 g/mol. The van der Waals surface area contributed by atoms with Crippen LogP contribution in [0.1, 0.15) is 5.56 Å². The maximum absolute atomic E-state index is 13.3. The Hall–Kier alpha value is -1.99. The monoisotopic (exact) mass is 321 g/mol. The number of hydrogen-bond acceptors (Lipinski definition) is 4. The summed E-state index contributed by atoms with van der Waals surface area (Å²) in [6.07, 6.45) is 1.69. The molecule has 3 rings (SSSR count). The second kappa shape index (κ2) is 5.66. The van der Waals surface area contributed by atoms with Gasteiger partial charge in [-0.25, -0.2) is 17.8 Å². The first-order chi connectivity index (χ1) is 10.5. The van der Waals surface area contributed by atoms with Gasteiger partial charge in [0.05, 0.1) is 4.90 Å². The average molecular weight is 321 g/mol. The fraction of sp³-hybridized carbons (Fsp3) is 0.267. The molecule has 0 saturated carbocycles. The number of hydrogen-bond donors (Lipinski definition) is 0. The van der Waals surface area contributed by atoms with E-state index in [-0.39, 0.29) is 11.4 Å². The van der Waals surface area contributed by atoms with Crippen molar-refractivity contribution in [1.82, 2.24) is 9.29 Å². The lowest BCUT2D eigenvalue weighted by Gasteiger charge is -2.20. The number of likely N-dealkylation sites (N-methyl/N-ethyl adjacent to an activating group) is 1. The molecule has 0 aliphatic carbocycles. The highest BCUT2D eigenvalue weighted by Crippen LogP contribution is 2.25. The second-order valence-electron chi connectivity index (χ2n) is 5.20. The van der Waals surface area contributed by atoms with Gasteiger partial charge in [-0.15, -0.1) is 0 Å². The van der Waals surface area contributed by atoms with Crippen LogP contribution in [-0.4, -0.2) is 37.8 Å². The third-order valence-corrected chi connectivity index (χ3v) is 5.54. The second-order valence-corrected chi connectivity index (χ2v) is 7.14. The van der Waals surface area contributed by atoms with Crippen molar-refractivity contribution in [3.8, 4) is 0 Å². The van der Waals surface area contributed by atoms with E-state index in [1.54, 1.807) is 12.3 Å². The van der Waals surface area contributed by atoms with Crippen LogP contribution in [0, 0.1) is 5.82 Å². The maximum atomic E-state index is 13.3. The van der Waals surface area contributed by atoms with Gasteiger partial charge < -0.3 is 4.90 Å². The highest BCUT2D eigenvalue weighted by molar-refractivity contribution is 7.89. The van der Waals surface area contributed by atoms with Crippen LogP contribution in [0.3, 0.4) is 0 Å². The number of pyridine rings is 1. The van der Waals surface area contributed by atoms with Crippen LogP contribution in [-0.2, 0) is 16.6 Å². The Bertz CT molecular complexity index is 795. The number of aromatic nitrogens is 1. The van der Waals surface area contributed by atoms with E-state index in [0.29, 0.717) is 13.1 Å². The lowest BCUT2D eigenvalue weighted by molar-refractivity contribution is 0.419. The van der Waals surface area contributed by atoms with Gasteiger partial charge in [-0.3, -0.25) is 0 Å². The zero-order chi connectivity index (χ0) is 15.7. The van der Waals surface area contributed by atoms with Gasteiger partial charge in [0.25, 0.3) is 0 Å². The number of fused-ring (bicyclic) bond motifs is 1.